The molecule has 0 amide bonds. The highest BCUT2D eigenvalue weighted by Gasteiger charge is 2.12. The summed E-state index contributed by atoms with van der Waals surface area (Å²) < 4.78 is 6.33. The molecule has 0 aliphatic rings. The van der Waals surface area contributed by atoms with Crippen LogP contribution in [-0.4, -0.2) is 15.2 Å². The van der Waals surface area contributed by atoms with Crippen molar-refractivity contribution in [1.82, 2.24) is 10.1 Å². The molecule has 0 fully saturated rings. The number of rotatable bonds is 2. The zero-order valence-electron chi connectivity index (χ0n) is 10.7. The van der Waals surface area contributed by atoms with Gasteiger partial charge in [0.25, 0.3) is 5.89 Å². The largest absolute Gasteiger partial charge is 0.508 e. The number of benzene rings is 2. The van der Waals surface area contributed by atoms with Crippen LogP contribution >= 0.6 is 15.9 Å². The molecule has 0 bridgehead atoms. The Balaban J connectivity index is 1.99. The van der Waals surface area contributed by atoms with E-state index in [0.29, 0.717) is 11.7 Å². The first-order valence-corrected chi connectivity index (χ1v) is 6.82. The summed E-state index contributed by atoms with van der Waals surface area (Å²) in [7, 11) is 0. The van der Waals surface area contributed by atoms with Crippen molar-refractivity contribution < 1.29 is 9.63 Å². The quantitative estimate of drug-likeness (QED) is 0.765. The Labute approximate surface area is 124 Å². The minimum atomic E-state index is 0.209. The van der Waals surface area contributed by atoms with E-state index < -0.39 is 0 Å². The molecule has 1 heterocycles. The van der Waals surface area contributed by atoms with E-state index >= 15 is 0 Å². The maximum Gasteiger partial charge on any atom is 0.258 e. The van der Waals surface area contributed by atoms with Crippen LogP contribution in [0.4, 0.5) is 0 Å². The van der Waals surface area contributed by atoms with Gasteiger partial charge in [-0.25, -0.2) is 0 Å². The number of halogens is 1. The molecule has 0 aliphatic carbocycles. The zero-order chi connectivity index (χ0) is 14.1. The van der Waals surface area contributed by atoms with E-state index in [-0.39, 0.29) is 5.75 Å². The topological polar surface area (TPSA) is 59.2 Å². The maximum absolute atomic E-state index is 9.28. The van der Waals surface area contributed by atoms with Crippen molar-refractivity contribution in [1.29, 1.82) is 0 Å². The molecule has 0 saturated carbocycles. The third-order valence-electron chi connectivity index (χ3n) is 2.97. The fraction of sp³-hybridized carbons (Fsp3) is 0.0667. The molecule has 0 radical (unpaired) electrons. The van der Waals surface area contributed by atoms with Crippen molar-refractivity contribution in [2.45, 2.75) is 6.92 Å². The lowest BCUT2D eigenvalue weighted by Gasteiger charge is -2.00. The van der Waals surface area contributed by atoms with Gasteiger partial charge in [-0.2, -0.15) is 4.98 Å². The van der Waals surface area contributed by atoms with Gasteiger partial charge >= 0.3 is 0 Å². The SMILES string of the molecule is Cc1cc(Br)ccc1-c1nc(-c2ccc(O)cc2)no1. The standard InChI is InChI=1S/C15H11BrN2O2/c1-9-8-11(16)4-7-13(9)15-17-14(18-20-15)10-2-5-12(19)6-3-10/h2-8,19H,1H3. The predicted octanol–water partition coefficient (Wildman–Crippen LogP) is 4.18. The number of aryl methyl sites for hydroxylation is 1. The van der Waals surface area contributed by atoms with E-state index in [0.717, 1.165) is 21.2 Å². The van der Waals surface area contributed by atoms with Gasteiger partial charge in [0, 0.05) is 15.6 Å². The van der Waals surface area contributed by atoms with Gasteiger partial charge in [0.15, 0.2) is 0 Å². The number of nitrogens with zero attached hydrogens (tertiary/aromatic N) is 2. The Morgan fingerprint density at radius 1 is 1.10 bits per heavy atom. The summed E-state index contributed by atoms with van der Waals surface area (Å²) in [5.74, 6) is 1.20. The summed E-state index contributed by atoms with van der Waals surface area (Å²) >= 11 is 3.43. The maximum atomic E-state index is 9.28. The van der Waals surface area contributed by atoms with Crippen LogP contribution in [-0.2, 0) is 0 Å². The van der Waals surface area contributed by atoms with Crippen LogP contribution in [0.2, 0.25) is 0 Å². The first-order chi connectivity index (χ1) is 9.63. The molecule has 3 aromatic rings. The van der Waals surface area contributed by atoms with Crippen LogP contribution in [0.1, 0.15) is 5.56 Å². The third-order valence-corrected chi connectivity index (χ3v) is 3.46. The minimum Gasteiger partial charge on any atom is -0.508 e. The molecule has 0 spiro atoms. The highest BCUT2D eigenvalue weighted by atomic mass is 79.9. The summed E-state index contributed by atoms with van der Waals surface area (Å²) in [5, 5.41) is 13.3. The number of aromatic hydroxyl groups is 1. The van der Waals surface area contributed by atoms with Gasteiger partial charge < -0.3 is 9.63 Å². The van der Waals surface area contributed by atoms with E-state index in [4.69, 9.17) is 4.52 Å². The van der Waals surface area contributed by atoms with E-state index in [1.165, 1.54) is 0 Å². The first-order valence-electron chi connectivity index (χ1n) is 6.03. The molecule has 1 N–H and O–H groups in total. The molecular weight excluding hydrogens is 320 g/mol. The van der Waals surface area contributed by atoms with Gasteiger partial charge in [-0.1, -0.05) is 21.1 Å². The minimum absolute atomic E-state index is 0.209. The number of hydrogen-bond acceptors (Lipinski definition) is 4. The highest BCUT2D eigenvalue weighted by molar-refractivity contribution is 9.10. The van der Waals surface area contributed by atoms with E-state index in [9.17, 15) is 5.11 Å². The van der Waals surface area contributed by atoms with Crippen molar-refractivity contribution in [3.8, 4) is 28.6 Å². The van der Waals surface area contributed by atoms with Crippen molar-refractivity contribution in [2.75, 3.05) is 0 Å². The van der Waals surface area contributed by atoms with Gasteiger partial charge in [-0.05, 0) is 55.0 Å². The fourth-order valence-electron chi connectivity index (χ4n) is 1.93. The second kappa shape index (κ2) is 5.09. The van der Waals surface area contributed by atoms with Crippen LogP contribution < -0.4 is 0 Å². The summed E-state index contributed by atoms with van der Waals surface area (Å²) in [5.41, 5.74) is 2.76. The Hall–Kier alpha value is -2.14. The Morgan fingerprint density at radius 3 is 2.55 bits per heavy atom. The molecule has 0 unspecified atom stereocenters. The number of phenolic OH excluding ortho intramolecular Hbond substituents is 1. The van der Waals surface area contributed by atoms with E-state index in [1.54, 1.807) is 24.3 Å². The monoisotopic (exact) mass is 330 g/mol. The Morgan fingerprint density at radius 2 is 1.85 bits per heavy atom. The van der Waals surface area contributed by atoms with Crippen molar-refractivity contribution >= 4 is 15.9 Å². The van der Waals surface area contributed by atoms with E-state index in [1.807, 2.05) is 25.1 Å². The molecule has 2 aromatic carbocycles. The Bertz CT molecular complexity index is 751. The first kappa shape index (κ1) is 12.9. The summed E-state index contributed by atoms with van der Waals surface area (Å²) in [4.78, 5) is 4.40. The molecule has 0 atom stereocenters. The van der Waals surface area contributed by atoms with Gasteiger partial charge in [0.1, 0.15) is 5.75 Å². The molecule has 5 heteroatoms. The molecule has 100 valence electrons. The van der Waals surface area contributed by atoms with Crippen molar-refractivity contribution in [3.05, 3.63) is 52.5 Å². The number of aromatic nitrogens is 2. The smallest absolute Gasteiger partial charge is 0.258 e. The number of hydrogen-bond donors (Lipinski definition) is 1. The fourth-order valence-corrected chi connectivity index (χ4v) is 2.40. The van der Waals surface area contributed by atoms with Crippen LogP contribution in [0.15, 0.2) is 51.5 Å². The van der Waals surface area contributed by atoms with Gasteiger partial charge in [0.2, 0.25) is 5.82 Å². The van der Waals surface area contributed by atoms with Gasteiger partial charge in [-0.15, -0.1) is 0 Å². The van der Waals surface area contributed by atoms with E-state index in [2.05, 4.69) is 26.1 Å². The summed E-state index contributed by atoms with van der Waals surface area (Å²) in [6, 6.07) is 12.6. The predicted molar refractivity (Wildman–Crippen MR) is 79.3 cm³/mol. The van der Waals surface area contributed by atoms with Crippen LogP contribution in [0.25, 0.3) is 22.8 Å². The molecule has 4 nitrogen and oxygen atoms in total. The highest BCUT2D eigenvalue weighted by Crippen LogP contribution is 2.27. The molecule has 20 heavy (non-hydrogen) atoms. The third kappa shape index (κ3) is 2.44. The molecule has 1 aromatic heterocycles. The Kier molecular flexibility index (Phi) is 3.28. The van der Waals surface area contributed by atoms with Crippen LogP contribution in [0, 0.1) is 6.92 Å². The molecule has 3 rings (SSSR count). The van der Waals surface area contributed by atoms with Crippen LogP contribution in [0.5, 0.6) is 5.75 Å². The summed E-state index contributed by atoms with van der Waals surface area (Å²) in [6.45, 7) is 1.99. The molecule has 0 aliphatic heterocycles. The lowest BCUT2D eigenvalue weighted by atomic mass is 10.1. The van der Waals surface area contributed by atoms with Crippen molar-refractivity contribution in [3.63, 3.8) is 0 Å². The lowest BCUT2D eigenvalue weighted by Crippen LogP contribution is -1.84. The van der Waals surface area contributed by atoms with Gasteiger partial charge in [-0.3, -0.25) is 0 Å². The molecular formula is C15H11BrN2O2. The average molecular weight is 331 g/mol. The summed E-state index contributed by atoms with van der Waals surface area (Å²) in [6.07, 6.45) is 0. The normalized spacial score (nSPS) is 10.7. The average Bonchev–Trinajstić information content (AvgIpc) is 2.89. The van der Waals surface area contributed by atoms with Crippen molar-refractivity contribution in [2.24, 2.45) is 0 Å². The number of phenols is 1. The van der Waals surface area contributed by atoms with Crippen LogP contribution in [0.3, 0.4) is 0 Å². The lowest BCUT2D eigenvalue weighted by molar-refractivity contribution is 0.432. The van der Waals surface area contributed by atoms with Gasteiger partial charge in [0.05, 0.1) is 0 Å². The second-order valence-corrected chi connectivity index (χ2v) is 5.34. The zero-order valence-corrected chi connectivity index (χ0v) is 12.3. The molecule has 0 saturated heterocycles. The second-order valence-electron chi connectivity index (χ2n) is 4.43.